The highest BCUT2D eigenvalue weighted by atomic mass is 32.2. The van der Waals surface area contributed by atoms with Crippen molar-refractivity contribution in [2.75, 3.05) is 18.6 Å². The minimum absolute atomic E-state index is 0.0855. The van der Waals surface area contributed by atoms with Crippen LogP contribution in [-0.2, 0) is 14.8 Å². The number of amides is 1. The molecule has 150 valence electrons. The predicted molar refractivity (Wildman–Crippen MR) is 109 cm³/mol. The van der Waals surface area contributed by atoms with Gasteiger partial charge in [0.1, 0.15) is 5.75 Å². The summed E-state index contributed by atoms with van der Waals surface area (Å²) in [4.78, 5) is 13.9. The fourth-order valence-electron chi connectivity index (χ4n) is 3.48. The van der Waals surface area contributed by atoms with Gasteiger partial charge in [-0.3, -0.25) is 4.79 Å². The lowest BCUT2D eigenvalue weighted by Gasteiger charge is -2.21. The van der Waals surface area contributed by atoms with Crippen LogP contribution in [0, 0.1) is 6.92 Å². The van der Waals surface area contributed by atoms with Crippen LogP contribution in [0.1, 0.15) is 43.4 Å². The molecule has 2 aromatic carbocycles. The highest BCUT2D eigenvalue weighted by molar-refractivity contribution is 7.89. The summed E-state index contributed by atoms with van der Waals surface area (Å²) < 4.78 is 33.8. The maximum absolute atomic E-state index is 12.9. The number of sulfonamides is 1. The van der Waals surface area contributed by atoms with Crippen LogP contribution < -0.4 is 14.4 Å². The first-order valence-electron chi connectivity index (χ1n) is 9.43. The SMILES string of the molecule is CC[C@H](NS(=O)(=O)c1ccc(N2CCCC2=O)c(C)c1)c1ccc(OC)cc1. The minimum atomic E-state index is -3.70. The number of carbonyl (C=O) groups is 1. The van der Waals surface area contributed by atoms with Gasteiger partial charge < -0.3 is 9.64 Å². The predicted octanol–water partition coefficient (Wildman–Crippen LogP) is 3.56. The van der Waals surface area contributed by atoms with E-state index >= 15 is 0 Å². The van der Waals surface area contributed by atoms with Crippen LogP contribution in [0.2, 0.25) is 0 Å². The number of aryl methyl sites for hydroxylation is 1. The standard InChI is InChI=1S/C21H26N2O4S/c1-4-19(16-7-9-17(27-3)10-8-16)22-28(25,26)18-11-12-20(15(2)14-18)23-13-5-6-21(23)24/h7-12,14,19,22H,4-6,13H2,1-3H3/t19-/m0/s1. The van der Waals surface area contributed by atoms with E-state index in [4.69, 9.17) is 4.74 Å². The second kappa shape index (κ2) is 8.32. The van der Waals surface area contributed by atoms with E-state index in [1.54, 1.807) is 30.2 Å². The third kappa shape index (κ3) is 4.20. The van der Waals surface area contributed by atoms with Gasteiger partial charge in [0.25, 0.3) is 0 Å². The van der Waals surface area contributed by atoms with Crippen LogP contribution >= 0.6 is 0 Å². The average Bonchev–Trinajstić information content (AvgIpc) is 3.12. The molecule has 0 spiro atoms. The molecule has 1 fully saturated rings. The van der Waals surface area contributed by atoms with E-state index in [1.807, 2.05) is 38.1 Å². The highest BCUT2D eigenvalue weighted by Crippen LogP contribution is 2.28. The molecule has 2 aromatic rings. The molecular formula is C21H26N2O4S. The molecule has 1 N–H and O–H groups in total. The highest BCUT2D eigenvalue weighted by Gasteiger charge is 2.25. The van der Waals surface area contributed by atoms with Gasteiger partial charge in [0.15, 0.2) is 0 Å². The molecule has 1 aliphatic rings. The van der Waals surface area contributed by atoms with Gasteiger partial charge >= 0.3 is 0 Å². The number of hydrogen-bond acceptors (Lipinski definition) is 4. The quantitative estimate of drug-likeness (QED) is 0.768. The van der Waals surface area contributed by atoms with Crippen molar-refractivity contribution >= 4 is 21.6 Å². The van der Waals surface area contributed by atoms with Crippen molar-refractivity contribution in [3.63, 3.8) is 0 Å². The molecule has 0 aromatic heterocycles. The second-order valence-electron chi connectivity index (χ2n) is 6.95. The van der Waals surface area contributed by atoms with Crippen molar-refractivity contribution in [1.29, 1.82) is 0 Å². The molecule has 1 aliphatic heterocycles. The molecule has 1 saturated heterocycles. The van der Waals surface area contributed by atoms with Crippen LogP contribution in [0.25, 0.3) is 0 Å². The third-order valence-corrected chi connectivity index (χ3v) is 6.54. The van der Waals surface area contributed by atoms with Crippen molar-refractivity contribution in [2.45, 2.75) is 44.0 Å². The maximum atomic E-state index is 12.9. The van der Waals surface area contributed by atoms with E-state index in [9.17, 15) is 13.2 Å². The molecule has 0 bridgehead atoms. The molecule has 0 saturated carbocycles. The topological polar surface area (TPSA) is 75.7 Å². The summed E-state index contributed by atoms with van der Waals surface area (Å²) in [5, 5.41) is 0. The Bertz CT molecular complexity index is 955. The van der Waals surface area contributed by atoms with Gasteiger partial charge in [-0.05, 0) is 61.2 Å². The van der Waals surface area contributed by atoms with Crippen LogP contribution in [0.15, 0.2) is 47.4 Å². The number of hydrogen-bond donors (Lipinski definition) is 1. The molecule has 1 atom stereocenters. The molecule has 0 radical (unpaired) electrons. The largest absolute Gasteiger partial charge is 0.497 e. The Morgan fingerprint density at radius 3 is 2.43 bits per heavy atom. The normalized spacial score (nSPS) is 15.7. The average molecular weight is 403 g/mol. The van der Waals surface area contributed by atoms with Gasteiger partial charge in [0.2, 0.25) is 15.9 Å². The van der Waals surface area contributed by atoms with Crippen molar-refractivity contribution in [3.05, 3.63) is 53.6 Å². The van der Waals surface area contributed by atoms with Gasteiger partial charge in [0.05, 0.1) is 12.0 Å². The maximum Gasteiger partial charge on any atom is 0.241 e. The molecule has 1 amide bonds. The van der Waals surface area contributed by atoms with Gasteiger partial charge in [-0.15, -0.1) is 0 Å². The molecule has 0 unspecified atom stereocenters. The number of nitrogens with one attached hydrogen (secondary N) is 1. The fourth-order valence-corrected chi connectivity index (χ4v) is 4.87. The van der Waals surface area contributed by atoms with E-state index in [1.165, 1.54) is 0 Å². The Balaban J connectivity index is 1.83. The molecule has 28 heavy (non-hydrogen) atoms. The smallest absolute Gasteiger partial charge is 0.241 e. The van der Waals surface area contributed by atoms with E-state index < -0.39 is 10.0 Å². The fraction of sp³-hybridized carbons (Fsp3) is 0.381. The van der Waals surface area contributed by atoms with Crippen LogP contribution in [-0.4, -0.2) is 28.0 Å². The third-order valence-electron chi connectivity index (χ3n) is 5.07. The number of rotatable bonds is 7. The van der Waals surface area contributed by atoms with E-state index in [2.05, 4.69) is 4.72 Å². The summed E-state index contributed by atoms with van der Waals surface area (Å²) in [5.74, 6) is 0.812. The lowest BCUT2D eigenvalue weighted by molar-refractivity contribution is -0.117. The summed E-state index contributed by atoms with van der Waals surface area (Å²) in [7, 11) is -2.10. The Morgan fingerprint density at radius 1 is 1.18 bits per heavy atom. The zero-order valence-electron chi connectivity index (χ0n) is 16.4. The summed E-state index contributed by atoms with van der Waals surface area (Å²) >= 11 is 0. The van der Waals surface area contributed by atoms with E-state index in [0.717, 1.165) is 29.0 Å². The number of carbonyl (C=O) groups excluding carboxylic acids is 1. The molecule has 1 heterocycles. The Kier molecular flexibility index (Phi) is 6.05. The van der Waals surface area contributed by atoms with Crippen LogP contribution in [0.3, 0.4) is 0 Å². The Hall–Kier alpha value is -2.38. The zero-order valence-corrected chi connectivity index (χ0v) is 17.3. The number of nitrogens with zero attached hydrogens (tertiary/aromatic N) is 1. The lowest BCUT2D eigenvalue weighted by atomic mass is 10.1. The number of methoxy groups -OCH3 is 1. The van der Waals surface area contributed by atoms with Gasteiger partial charge in [-0.2, -0.15) is 0 Å². The first kappa shape index (κ1) is 20.4. The van der Waals surface area contributed by atoms with Crippen molar-refractivity contribution in [3.8, 4) is 5.75 Å². The van der Waals surface area contributed by atoms with E-state index in [-0.39, 0.29) is 16.8 Å². The Morgan fingerprint density at radius 2 is 1.89 bits per heavy atom. The second-order valence-corrected chi connectivity index (χ2v) is 8.67. The molecule has 3 rings (SSSR count). The Labute approximate surface area is 166 Å². The first-order valence-corrected chi connectivity index (χ1v) is 10.9. The summed E-state index contributed by atoms with van der Waals surface area (Å²) in [6, 6.07) is 11.9. The van der Waals surface area contributed by atoms with Crippen molar-refractivity contribution in [1.82, 2.24) is 4.72 Å². The van der Waals surface area contributed by atoms with Crippen LogP contribution in [0.5, 0.6) is 5.75 Å². The van der Waals surface area contributed by atoms with Gasteiger partial charge in [-0.25, -0.2) is 13.1 Å². The number of benzene rings is 2. The summed E-state index contributed by atoms with van der Waals surface area (Å²) in [5.41, 5.74) is 2.43. The van der Waals surface area contributed by atoms with E-state index in [0.29, 0.717) is 19.4 Å². The molecule has 7 heteroatoms. The monoisotopic (exact) mass is 402 g/mol. The number of anilines is 1. The van der Waals surface area contributed by atoms with Crippen molar-refractivity contribution in [2.24, 2.45) is 0 Å². The lowest BCUT2D eigenvalue weighted by Crippen LogP contribution is -2.29. The van der Waals surface area contributed by atoms with Gasteiger partial charge in [-0.1, -0.05) is 19.1 Å². The minimum Gasteiger partial charge on any atom is -0.497 e. The van der Waals surface area contributed by atoms with Crippen molar-refractivity contribution < 1.29 is 17.9 Å². The molecular weight excluding hydrogens is 376 g/mol. The summed E-state index contributed by atoms with van der Waals surface area (Å²) in [6.45, 7) is 4.45. The van der Waals surface area contributed by atoms with Crippen LogP contribution in [0.4, 0.5) is 5.69 Å². The zero-order chi connectivity index (χ0) is 20.3. The molecule has 0 aliphatic carbocycles. The van der Waals surface area contributed by atoms with Gasteiger partial charge in [0, 0.05) is 24.7 Å². The first-order chi connectivity index (χ1) is 13.4. The number of ether oxygens (including phenoxy) is 1. The molecule has 6 nitrogen and oxygen atoms in total. The summed E-state index contributed by atoms with van der Waals surface area (Å²) in [6.07, 6.45) is 1.99.